The number of aromatic nitrogens is 4. The fourth-order valence-electron chi connectivity index (χ4n) is 3.99. The Kier molecular flexibility index (Phi) is 5.68. The van der Waals surface area contributed by atoms with Gasteiger partial charge in [-0.05, 0) is 66.1 Å². The van der Waals surface area contributed by atoms with Crippen LogP contribution in [-0.2, 0) is 19.1 Å². The standard InChI is InChI=1S/C26H20F3N5O/c1-15-8-19-9-16(2-4-22(19)31-13-15)10-20-12-18(6-7-30-20)25(35)32-14-17-3-5-23-21(11-17)24(34-33-23)26(27,28)29/h2-9,11-13H,10,14H2,1H3,(H,32,35)(H,33,34). The van der Waals surface area contributed by atoms with Gasteiger partial charge in [0.05, 0.1) is 11.0 Å². The van der Waals surface area contributed by atoms with Crippen molar-refractivity contribution in [1.29, 1.82) is 0 Å². The van der Waals surface area contributed by atoms with Crippen molar-refractivity contribution < 1.29 is 18.0 Å². The van der Waals surface area contributed by atoms with Gasteiger partial charge in [0.25, 0.3) is 5.91 Å². The van der Waals surface area contributed by atoms with Crippen LogP contribution in [0.25, 0.3) is 21.8 Å². The van der Waals surface area contributed by atoms with Crippen LogP contribution in [0, 0.1) is 6.92 Å². The van der Waals surface area contributed by atoms with Crippen molar-refractivity contribution in [3.63, 3.8) is 0 Å². The molecule has 2 N–H and O–H groups in total. The zero-order valence-corrected chi connectivity index (χ0v) is 18.6. The highest BCUT2D eigenvalue weighted by Crippen LogP contribution is 2.33. The number of H-pyrrole nitrogens is 1. The molecule has 2 aromatic carbocycles. The van der Waals surface area contributed by atoms with Crippen LogP contribution in [-0.4, -0.2) is 26.1 Å². The van der Waals surface area contributed by atoms with Gasteiger partial charge in [0, 0.05) is 47.4 Å². The number of fused-ring (bicyclic) bond motifs is 2. The Morgan fingerprint density at radius 2 is 1.77 bits per heavy atom. The number of carbonyl (C=O) groups excluding carboxylic acids is 1. The van der Waals surface area contributed by atoms with Crippen molar-refractivity contribution >= 4 is 27.7 Å². The van der Waals surface area contributed by atoms with E-state index in [0.29, 0.717) is 17.5 Å². The summed E-state index contributed by atoms with van der Waals surface area (Å²) in [5.41, 5.74) is 4.03. The third-order valence-electron chi connectivity index (χ3n) is 5.70. The number of nitrogens with zero attached hydrogens (tertiary/aromatic N) is 3. The first kappa shape index (κ1) is 22.5. The molecule has 0 radical (unpaired) electrons. The maximum atomic E-state index is 13.2. The molecule has 0 spiro atoms. The number of aromatic amines is 1. The van der Waals surface area contributed by atoms with E-state index in [-0.39, 0.29) is 23.4 Å². The summed E-state index contributed by atoms with van der Waals surface area (Å²) < 4.78 is 39.5. The molecule has 0 fully saturated rings. The topological polar surface area (TPSA) is 83.6 Å². The lowest BCUT2D eigenvalue weighted by Crippen LogP contribution is -2.23. The van der Waals surface area contributed by atoms with Crippen LogP contribution in [0.15, 0.2) is 67.0 Å². The van der Waals surface area contributed by atoms with Gasteiger partial charge in [-0.1, -0.05) is 12.1 Å². The third kappa shape index (κ3) is 4.84. The van der Waals surface area contributed by atoms with Crippen LogP contribution < -0.4 is 5.32 Å². The van der Waals surface area contributed by atoms with E-state index in [1.165, 1.54) is 12.1 Å². The number of nitrogens with one attached hydrogen (secondary N) is 2. The molecule has 0 unspecified atom stereocenters. The molecule has 0 aliphatic heterocycles. The number of hydrogen-bond donors (Lipinski definition) is 2. The molecule has 9 heteroatoms. The van der Waals surface area contributed by atoms with E-state index in [1.807, 2.05) is 30.4 Å². The van der Waals surface area contributed by atoms with Crippen molar-refractivity contribution in [1.82, 2.24) is 25.5 Å². The lowest BCUT2D eigenvalue weighted by Gasteiger charge is -2.08. The minimum Gasteiger partial charge on any atom is -0.348 e. The van der Waals surface area contributed by atoms with Gasteiger partial charge in [-0.15, -0.1) is 0 Å². The Balaban J connectivity index is 1.29. The monoisotopic (exact) mass is 475 g/mol. The second-order valence-corrected chi connectivity index (χ2v) is 8.38. The second-order valence-electron chi connectivity index (χ2n) is 8.38. The van der Waals surface area contributed by atoms with Gasteiger partial charge in [-0.25, -0.2) is 0 Å². The van der Waals surface area contributed by atoms with Crippen molar-refractivity contribution in [2.75, 3.05) is 0 Å². The molecular weight excluding hydrogens is 455 g/mol. The molecule has 0 saturated heterocycles. The first-order valence-electron chi connectivity index (χ1n) is 10.9. The second kappa shape index (κ2) is 8.83. The van der Waals surface area contributed by atoms with E-state index in [0.717, 1.165) is 27.7 Å². The van der Waals surface area contributed by atoms with Crippen LogP contribution in [0.2, 0.25) is 0 Å². The summed E-state index contributed by atoms with van der Waals surface area (Å²) in [6.45, 7) is 2.07. The zero-order chi connectivity index (χ0) is 24.6. The summed E-state index contributed by atoms with van der Waals surface area (Å²) in [5.74, 6) is -0.338. The van der Waals surface area contributed by atoms with Crippen LogP contribution in [0.1, 0.15) is 38.4 Å². The molecule has 0 atom stereocenters. The van der Waals surface area contributed by atoms with E-state index in [2.05, 4.69) is 32.5 Å². The lowest BCUT2D eigenvalue weighted by atomic mass is 10.0. The molecule has 0 bridgehead atoms. The quantitative estimate of drug-likeness (QED) is 0.359. The predicted octanol–water partition coefficient (Wildman–Crippen LogP) is 5.35. The molecule has 1 amide bonds. The maximum Gasteiger partial charge on any atom is 0.433 e. The zero-order valence-electron chi connectivity index (χ0n) is 18.6. The molecule has 3 aromatic heterocycles. The molecule has 35 heavy (non-hydrogen) atoms. The smallest absolute Gasteiger partial charge is 0.348 e. The minimum absolute atomic E-state index is 0.0313. The summed E-state index contributed by atoms with van der Waals surface area (Å²) >= 11 is 0. The first-order chi connectivity index (χ1) is 16.8. The van der Waals surface area contributed by atoms with Gasteiger partial charge < -0.3 is 5.32 Å². The molecule has 6 nitrogen and oxygen atoms in total. The summed E-state index contributed by atoms with van der Waals surface area (Å²) in [7, 11) is 0. The maximum absolute atomic E-state index is 13.2. The van der Waals surface area contributed by atoms with E-state index >= 15 is 0 Å². The Bertz CT molecular complexity index is 1560. The third-order valence-corrected chi connectivity index (χ3v) is 5.70. The Morgan fingerprint density at radius 3 is 2.60 bits per heavy atom. The van der Waals surface area contributed by atoms with Gasteiger partial charge in [0.2, 0.25) is 0 Å². The highest BCUT2D eigenvalue weighted by Gasteiger charge is 2.35. The summed E-state index contributed by atoms with van der Waals surface area (Å²) in [5, 5.41) is 9.50. The van der Waals surface area contributed by atoms with E-state index < -0.39 is 11.9 Å². The number of amides is 1. The number of pyridine rings is 2. The number of alkyl halides is 3. The molecule has 3 heterocycles. The number of aryl methyl sites for hydroxylation is 1. The molecule has 5 aromatic rings. The number of halogens is 3. The summed E-state index contributed by atoms with van der Waals surface area (Å²) in [6, 6.07) is 15.9. The molecule has 0 aliphatic rings. The fraction of sp³-hybridized carbons (Fsp3) is 0.154. The van der Waals surface area contributed by atoms with Crippen molar-refractivity contribution in [3.8, 4) is 0 Å². The number of rotatable bonds is 5. The highest BCUT2D eigenvalue weighted by molar-refractivity contribution is 5.94. The number of hydrogen-bond acceptors (Lipinski definition) is 4. The average Bonchev–Trinajstić information content (AvgIpc) is 3.26. The molecule has 176 valence electrons. The van der Waals surface area contributed by atoms with Crippen LogP contribution in [0.3, 0.4) is 0 Å². The van der Waals surface area contributed by atoms with E-state index in [4.69, 9.17) is 0 Å². The van der Waals surface area contributed by atoms with Crippen LogP contribution >= 0.6 is 0 Å². The Morgan fingerprint density at radius 1 is 0.971 bits per heavy atom. The SMILES string of the molecule is Cc1cnc2ccc(Cc3cc(C(=O)NCc4ccc5n[nH]c(C(F)(F)F)c5c4)ccn3)cc2c1. The summed E-state index contributed by atoms with van der Waals surface area (Å²) in [4.78, 5) is 21.5. The molecule has 0 saturated carbocycles. The first-order valence-corrected chi connectivity index (χ1v) is 10.9. The van der Waals surface area contributed by atoms with E-state index in [1.54, 1.807) is 24.4 Å². The van der Waals surface area contributed by atoms with Gasteiger partial charge >= 0.3 is 6.18 Å². The lowest BCUT2D eigenvalue weighted by molar-refractivity contribution is -0.139. The molecule has 0 aliphatic carbocycles. The Hall–Kier alpha value is -4.27. The summed E-state index contributed by atoms with van der Waals surface area (Å²) in [6.07, 6.45) is -0.592. The molecular formula is C26H20F3N5O. The van der Waals surface area contributed by atoms with Gasteiger partial charge in [0.1, 0.15) is 5.69 Å². The van der Waals surface area contributed by atoms with Gasteiger partial charge in [0.15, 0.2) is 0 Å². The van der Waals surface area contributed by atoms with Crippen molar-refractivity contribution in [2.45, 2.75) is 26.1 Å². The van der Waals surface area contributed by atoms with Crippen molar-refractivity contribution in [3.05, 3.63) is 101 Å². The average molecular weight is 475 g/mol. The van der Waals surface area contributed by atoms with Crippen LogP contribution in [0.4, 0.5) is 13.2 Å². The minimum atomic E-state index is -4.54. The number of carbonyl (C=O) groups is 1. The molecule has 5 rings (SSSR count). The van der Waals surface area contributed by atoms with Crippen molar-refractivity contribution in [2.24, 2.45) is 0 Å². The van der Waals surface area contributed by atoms with Gasteiger partial charge in [-0.2, -0.15) is 18.3 Å². The number of benzene rings is 2. The normalized spacial score (nSPS) is 11.8. The largest absolute Gasteiger partial charge is 0.433 e. The Labute approximate surface area is 198 Å². The van der Waals surface area contributed by atoms with Gasteiger partial charge in [-0.3, -0.25) is 19.9 Å². The van der Waals surface area contributed by atoms with E-state index in [9.17, 15) is 18.0 Å². The predicted molar refractivity (Wildman–Crippen MR) is 126 cm³/mol. The highest BCUT2D eigenvalue weighted by atomic mass is 19.4. The van der Waals surface area contributed by atoms with Crippen LogP contribution in [0.5, 0.6) is 0 Å². The fourth-order valence-corrected chi connectivity index (χ4v) is 3.99.